The standard InChI is InChI=1S/C8H11N2O3S.Y/c1-10-5-6-2-3-8(7(9)4-6)14(11,12)13;/h2-4H,5,9H2,1H3,(H,11,12,13);/q-1;. The summed E-state index contributed by atoms with van der Waals surface area (Å²) in [7, 11) is -2.58. The minimum atomic E-state index is -4.22. The third-order valence-corrected chi connectivity index (χ3v) is 2.62. The van der Waals surface area contributed by atoms with Crippen molar-refractivity contribution >= 4 is 15.8 Å². The van der Waals surface area contributed by atoms with Gasteiger partial charge in [-0.05, 0) is 12.1 Å². The van der Waals surface area contributed by atoms with E-state index in [2.05, 4.69) is 5.32 Å². The van der Waals surface area contributed by atoms with Gasteiger partial charge >= 0.3 is 0 Å². The Morgan fingerprint density at radius 2 is 2.07 bits per heavy atom. The SMILES string of the molecule is C[N-]Cc1ccc(S(=O)(=O)O)c(N)c1.[Y]. The topological polar surface area (TPSA) is 94.5 Å². The first-order valence-corrected chi connectivity index (χ1v) is 5.30. The monoisotopic (exact) mass is 304 g/mol. The number of nitrogen functional groups attached to an aromatic ring is 1. The number of rotatable bonds is 3. The molecular formula is C8H11N2O3SY-. The van der Waals surface area contributed by atoms with E-state index in [0.29, 0.717) is 6.54 Å². The molecule has 0 saturated heterocycles. The van der Waals surface area contributed by atoms with Gasteiger partial charge in [-0.1, -0.05) is 11.6 Å². The average molecular weight is 304 g/mol. The maximum atomic E-state index is 10.8. The maximum absolute atomic E-state index is 10.8. The van der Waals surface area contributed by atoms with Crippen molar-refractivity contribution in [2.75, 3.05) is 12.8 Å². The smallest absolute Gasteiger partial charge is 0.296 e. The summed E-state index contributed by atoms with van der Waals surface area (Å²) in [4.78, 5) is -0.266. The van der Waals surface area contributed by atoms with E-state index in [-0.39, 0.29) is 43.3 Å². The first-order valence-electron chi connectivity index (χ1n) is 3.86. The van der Waals surface area contributed by atoms with Crippen molar-refractivity contribution in [2.45, 2.75) is 11.4 Å². The Morgan fingerprint density at radius 3 is 2.47 bits per heavy atom. The second-order valence-corrected chi connectivity index (χ2v) is 4.21. The van der Waals surface area contributed by atoms with Gasteiger partial charge < -0.3 is 11.1 Å². The summed E-state index contributed by atoms with van der Waals surface area (Å²) in [6.45, 7) is 0.468. The molecule has 0 unspecified atom stereocenters. The van der Waals surface area contributed by atoms with Crippen LogP contribution < -0.4 is 5.73 Å². The number of anilines is 1. The van der Waals surface area contributed by atoms with Gasteiger partial charge in [-0.2, -0.15) is 15.5 Å². The van der Waals surface area contributed by atoms with Crippen molar-refractivity contribution in [3.63, 3.8) is 0 Å². The Kier molecular flexibility index (Phi) is 5.91. The Hall–Kier alpha value is -0.00610. The molecule has 0 aromatic heterocycles. The van der Waals surface area contributed by atoms with Crippen LogP contribution in [0.3, 0.4) is 0 Å². The molecule has 1 aromatic rings. The molecule has 0 amide bonds. The van der Waals surface area contributed by atoms with Gasteiger partial charge in [-0.3, -0.25) is 4.55 Å². The summed E-state index contributed by atoms with van der Waals surface area (Å²) in [6.07, 6.45) is 0. The van der Waals surface area contributed by atoms with Gasteiger partial charge in [0.1, 0.15) is 4.90 Å². The Labute approximate surface area is 114 Å². The summed E-state index contributed by atoms with van der Waals surface area (Å²) < 4.78 is 30.3. The number of hydrogen-bond donors (Lipinski definition) is 2. The number of hydrogen-bond acceptors (Lipinski definition) is 3. The van der Waals surface area contributed by atoms with Crippen molar-refractivity contribution in [1.29, 1.82) is 0 Å². The van der Waals surface area contributed by atoms with Crippen LogP contribution in [0.15, 0.2) is 23.1 Å². The first kappa shape index (κ1) is 15.0. The molecule has 0 fully saturated rings. The summed E-state index contributed by atoms with van der Waals surface area (Å²) >= 11 is 0. The second-order valence-electron chi connectivity index (χ2n) is 2.82. The van der Waals surface area contributed by atoms with Crippen molar-refractivity contribution in [2.24, 2.45) is 0 Å². The van der Waals surface area contributed by atoms with E-state index in [0.717, 1.165) is 5.56 Å². The molecule has 0 spiro atoms. The Bertz CT molecular complexity index is 434. The van der Waals surface area contributed by atoms with Crippen LogP contribution in [0.1, 0.15) is 5.56 Å². The molecule has 0 saturated carbocycles. The molecule has 5 nitrogen and oxygen atoms in total. The maximum Gasteiger partial charge on any atom is 0.296 e. The van der Waals surface area contributed by atoms with Crippen molar-refractivity contribution in [1.82, 2.24) is 0 Å². The normalized spacial score (nSPS) is 10.8. The molecule has 3 N–H and O–H groups in total. The third-order valence-electron chi connectivity index (χ3n) is 1.69. The molecule has 0 aliphatic heterocycles. The van der Waals surface area contributed by atoms with Gasteiger partial charge in [0.2, 0.25) is 0 Å². The van der Waals surface area contributed by atoms with Gasteiger partial charge in [0, 0.05) is 32.7 Å². The van der Waals surface area contributed by atoms with E-state index in [1.807, 2.05) is 0 Å². The Morgan fingerprint density at radius 1 is 1.47 bits per heavy atom. The number of nitrogens with two attached hydrogens (primary N) is 1. The van der Waals surface area contributed by atoms with Crippen LogP contribution in [-0.2, 0) is 49.4 Å². The molecule has 0 aliphatic rings. The summed E-state index contributed by atoms with van der Waals surface area (Å²) in [6, 6.07) is 4.31. The first-order chi connectivity index (χ1) is 6.45. The average Bonchev–Trinajstić information content (AvgIpc) is 2.02. The zero-order chi connectivity index (χ0) is 10.8. The summed E-state index contributed by atoms with van der Waals surface area (Å²) in [5.74, 6) is 0. The molecule has 1 rings (SSSR count). The van der Waals surface area contributed by atoms with Crippen LogP contribution in [-0.4, -0.2) is 20.0 Å². The molecule has 0 heterocycles. The molecule has 0 atom stereocenters. The zero-order valence-corrected chi connectivity index (χ0v) is 11.9. The predicted octanol–water partition coefficient (Wildman–Crippen LogP) is 1.02. The van der Waals surface area contributed by atoms with Gasteiger partial charge in [-0.25, -0.2) is 0 Å². The minimum absolute atomic E-state index is 0. The van der Waals surface area contributed by atoms with E-state index < -0.39 is 10.1 Å². The van der Waals surface area contributed by atoms with E-state index in [9.17, 15) is 8.42 Å². The van der Waals surface area contributed by atoms with Gasteiger partial charge in [0.25, 0.3) is 10.1 Å². The summed E-state index contributed by atoms with van der Waals surface area (Å²) in [5.41, 5.74) is 6.30. The minimum Gasteiger partial charge on any atom is -0.661 e. The van der Waals surface area contributed by atoms with E-state index in [1.54, 1.807) is 13.1 Å². The fraction of sp³-hybridized carbons (Fsp3) is 0.250. The molecule has 7 heteroatoms. The van der Waals surface area contributed by atoms with Crippen LogP contribution in [0.5, 0.6) is 0 Å². The molecular weight excluding hydrogens is 293 g/mol. The van der Waals surface area contributed by atoms with Gasteiger partial charge in [0.15, 0.2) is 0 Å². The van der Waals surface area contributed by atoms with Crippen molar-refractivity contribution < 1.29 is 45.7 Å². The third kappa shape index (κ3) is 4.16. The van der Waals surface area contributed by atoms with E-state index in [1.165, 1.54) is 12.1 Å². The zero-order valence-electron chi connectivity index (χ0n) is 8.21. The van der Waals surface area contributed by atoms with E-state index >= 15 is 0 Å². The largest absolute Gasteiger partial charge is 0.661 e. The van der Waals surface area contributed by atoms with Crippen LogP contribution >= 0.6 is 0 Å². The van der Waals surface area contributed by atoms with Crippen molar-refractivity contribution in [3.05, 3.63) is 29.1 Å². The van der Waals surface area contributed by atoms with Crippen LogP contribution in [0.25, 0.3) is 5.32 Å². The van der Waals surface area contributed by atoms with Crippen molar-refractivity contribution in [3.8, 4) is 0 Å². The fourth-order valence-corrected chi connectivity index (χ4v) is 1.71. The number of nitrogens with zero attached hydrogens (tertiary/aromatic N) is 1. The molecule has 1 aromatic carbocycles. The molecule has 0 bridgehead atoms. The fourth-order valence-electron chi connectivity index (χ4n) is 1.11. The predicted molar refractivity (Wildman–Crippen MR) is 53.7 cm³/mol. The second kappa shape index (κ2) is 5.91. The quantitative estimate of drug-likeness (QED) is 0.644. The molecule has 81 valence electrons. The molecule has 1 radical (unpaired) electrons. The van der Waals surface area contributed by atoms with Crippen LogP contribution in [0.2, 0.25) is 0 Å². The molecule has 0 aliphatic carbocycles. The van der Waals surface area contributed by atoms with Crippen LogP contribution in [0, 0.1) is 0 Å². The van der Waals surface area contributed by atoms with Gasteiger partial charge in [0.05, 0.1) is 5.69 Å². The van der Waals surface area contributed by atoms with Crippen LogP contribution in [0.4, 0.5) is 5.69 Å². The molecule has 15 heavy (non-hydrogen) atoms. The van der Waals surface area contributed by atoms with Gasteiger partial charge in [-0.15, -0.1) is 6.54 Å². The number of benzene rings is 1. The summed E-state index contributed by atoms with van der Waals surface area (Å²) in [5, 5.41) is 3.87. The Balaban J connectivity index is 0.00000196. The van der Waals surface area contributed by atoms with E-state index in [4.69, 9.17) is 10.3 Å².